The molecule has 0 aliphatic heterocycles. The van der Waals surface area contributed by atoms with E-state index in [1.807, 2.05) is 19.2 Å². The summed E-state index contributed by atoms with van der Waals surface area (Å²) in [6.07, 6.45) is 5.55. The number of ether oxygens (including phenoxy) is 1. The molecule has 2 N–H and O–H groups in total. The van der Waals surface area contributed by atoms with Gasteiger partial charge >= 0.3 is 0 Å². The smallest absolute Gasteiger partial charge is 0.198 e. The van der Waals surface area contributed by atoms with Gasteiger partial charge in [0, 0.05) is 25.2 Å². The molecule has 2 heterocycles. The highest BCUT2D eigenvalue weighted by molar-refractivity contribution is 5.54. The molecule has 2 atom stereocenters. The van der Waals surface area contributed by atoms with Gasteiger partial charge in [0.2, 0.25) is 0 Å². The molecule has 1 saturated carbocycles. The maximum absolute atomic E-state index is 9.86. The van der Waals surface area contributed by atoms with Gasteiger partial charge in [-0.1, -0.05) is 6.92 Å². The van der Waals surface area contributed by atoms with Crippen LogP contribution in [-0.2, 0) is 13.0 Å². The predicted molar refractivity (Wildman–Crippen MR) is 79.4 cm³/mol. The summed E-state index contributed by atoms with van der Waals surface area (Å²) in [6.45, 7) is 2.72. The topological polar surface area (TPSA) is 71.7 Å². The molecule has 0 radical (unpaired) electrons. The van der Waals surface area contributed by atoms with Crippen LogP contribution in [0.2, 0.25) is 0 Å². The Balaban J connectivity index is 1.81. The second-order valence-corrected chi connectivity index (χ2v) is 5.55. The lowest BCUT2D eigenvalue weighted by Crippen LogP contribution is -2.35. The van der Waals surface area contributed by atoms with Crippen LogP contribution in [0, 0.1) is 0 Å². The molecule has 0 amide bonds. The Hall–Kier alpha value is -1.66. The summed E-state index contributed by atoms with van der Waals surface area (Å²) in [5, 5.41) is 17.7. The summed E-state index contributed by atoms with van der Waals surface area (Å²) in [4.78, 5) is 4.46. The summed E-state index contributed by atoms with van der Waals surface area (Å²) in [7, 11) is 1.65. The van der Waals surface area contributed by atoms with Crippen LogP contribution in [0.15, 0.2) is 12.3 Å². The predicted octanol–water partition coefficient (Wildman–Crippen LogP) is 1.30. The third-order valence-electron chi connectivity index (χ3n) is 4.08. The number of aliphatic hydroxyl groups is 1. The zero-order chi connectivity index (χ0) is 14.8. The Morgan fingerprint density at radius 1 is 1.48 bits per heavy atom. The average Bonchev–Trinajstić information content (AvgIpc) is 3.09. The van der Waals surface area contributed by atoms with Gasteiger partial charge in [0.15, 0.2) is 17.2 Å². The van der Waals surface area contributed by atoms with E-state index >= 15 is 0 Å². The van der Waals surface area contributed by atoms with E-state index in [2.05, 4.69) is 15.4 Å². The number of methoxy groups -OCH3 is 1. The largest absolute Gasteiger partial charge is 0.493 e. The first-order chi connectivity index (χ1) is 10.2. The molecule has 0 saturated heterocycles. The van der Waals surface area contributed by atoms with Gasteiger partial charge in [0.05, 0.1) is 13.2 Å². The molecule has 2 aromatic heterocycles. The highest BCUT2D eigenvalue weighted by Crippen LogP contribution is 2.22. The molecular formula is C15H22N4O2. The monoisotopic (exact) mass is 290 g/mol. The number of aryl methyl sites for hydroxylation is 1. The number of pyridine rings is 1. The molecule has 0 aromatic carbocycles. The van der Waals surface area contributed by atoms with Crippen molar-refractivity contribution in [2.75, 3.05) is 7.11 Å². The highest BCUT2D eigenvalue weighted by Gasteiger charge is 2.24. The van der Waals surface area contributed by atoms with Crippen molar-refractivity contribution in [1.82, 2.24) is 19.9 Å². The standard InChI is InChI=1S/C15H22N4O2/c1-3-14-17-15-13(21-2)7-10(9-19(15)18-14)8-16-11-5-4-6-12(11)20/h7,9,11-12,16,20H,3-6,8H2,1-2H3. The van der Waals surface area contributed by atoms with Crippen LogP contribution in [-0.4, -0.2) is 39.0 Å². The molecule has 0 bridgehead atoms. The number of rotatable bonds is 5. The van der Waals surface area contributed by atoms with Crippen molar-refractivity contribution in [1.29, 1.82) is 0 Å². The lowest BCUT2D eigenvalue weighted by atomic mass is 10.2. The molecule has 1 fully saturated rings. The fourth-order valence-corrected chi connectivity index (χ4v) is 2.88. The summed E-state index contributed by atoms with van der Waals surface area (Å²) in [5.41, 5.74) is 1.82. The first-order valence-corrected chi connectivity index (χ1v) is 7.55. The molecule has 3 rings (SSSR count). The van der Waals surface area contributed by atoms with E-state index in [1.54, 1.807) is 11.6 Å². The minimum atomic E-state index is -0.228. The Morgan fingerprint density at radius 2 is 2.33 bits per heavy atom. The number of aliphatic hydroxyl groups excluding tert-OH is 1. The second kappa shape index (κ2) is 5.99. The van der Waals surface area contributed by atoms with Crippen molar-refractivity contribution in [3.63, 3.8) is 0 Å². The average molecular weight is 290 g/mol. The molecule has 0 spiro atoms. The number of nitrogens with zero attached hydrogens (tertiary/aromatic N) is 3. The van der Waals surface area contributed by atoms with E-state index < -0.39 is 0 Å². The van der Waals surface area contributed by atoms with E-state index in [1.165, 1.54) is 0 Å². The highest BCUT2D eigenvalue weighted by atomic mass is 16.5. The van der Waals surface area contributed by atoms with Gasteiger partial charge in [-0.2, -0.15) is 5.10 Å². The molecule has 1 aliphatic carbocycles. The van der Waals surface area contributed by atoms with Crippen molar-refractivity contribution in [2.24, 2.45) is 0 Å². The molecule has 6 heteroatoms. The molecule has 114 valence electrons. The van der Waals surface area contributed by atoms with Crippen molar-refractivity contribution in [3.05, 3.63) is 23.7 Å². The lowest BCUT2D eigenvalue weighted by Gasteiger charge is -2.16. The van der Waals surface area contributed by atoms with Crippen molar-refractivity contribution in [2.45, 2.75) is 51.3 Å². The van der Waals surface area contributed by atoms with E-state index in [0.29, 0.717) is 6.54 Å². The van der Waals surface area contributed by atoms with Gasteiger partial charge in [-0.25, -0.2) is 9.50 Å². The first kappa shape index (κ1) is 14.3. The Morgan fingerprint density at radius 3 is 3.00 bits per heavy atom. The van der Waals surface area contributed by atoms with Crippen LogP contribution in [0.5, 0.6) is 5.75 Å². The van der Waals surface area contributed by atoms with E-state index in [-0.39, 0.29) is 12.1 Å². The SMILES string of the molecule is CCc1nc2c(OC)cc(CNC3CCCC3O)cn2n1. The molecular weight excluding hydrogens is 268 g/mol. The number of nitrogens with one attached hydrogen (secondary N) is 1. The van der Waals surface area contributed by atoms with Gasteiger partial charge in [-0.05, 0) is 30.9 Å². The summed E-state index contributed by atoms with van der Waals surface area (Å²) in [6, 6.07) is 2.17. The molecule has 2 aromatic rings. The van der Waals surface area contributed by atoms with Gasteiger partial charge < -0.3 is 15.2 Å². The number of fused-ring (bicyclic) bond motifs is 1. The minimum absolute atomic E-state index is 0.189. The van der Waals surface area contributed by atoms with Gasteiger partial charge in [0.1, 0.15) is 0 Å². The zero-order valence-electron chi connectivity index (χ0n) is 12.5. The van der Waals surface area contributed by atoms with Gasteiger partial charge in [-0.3, -0.25) is 0 Å². The van der Waals surface area contributed by atoms with E-state index in [9.17, 15) is 5.11 Å². The maximum atomic E-state index is 9.86. The van der Waals surface area contributed by atoms with E-state index in [0.717, 1.165) is 48.5 Å². The first-order valence-electron chi connectivity index (χ1n) is 7.55. The number of aromatic nitrogens is 3. The van der Waals surface area contributed by atoms with Crippen LogP contribution >= 0.6 is 0 Å². The summed E-state index contributed by atoms with van der Waals surface area (Å²) < 4.78 is 7.20. The van der Waals surface area contributed by atoms with Crippen molar-refractivity contribution < 1.29 is 9.84 Å². The Labute approximate surface area is 124 Å². The Kier molecular flexibility index (Phi) is 4.07. The Bertz CT molecular complexity index is 625. The third kappa shape index (κ3) is 2.87. The van der Waals surface area contributed by atoms with Crippen molar-refractivity contribution in [3.8, 4) is 5.75 Å². The lowest BCUT2D eigenvalue weighted by molar-refractivity contribution is 0.148. The number of hydrogen-bond donors (Lipinski definition) is 2. The minimum Gasteiger partial charge on any atom is -0.493 e. The van der Waals surface area contributed by atoms with Crippen LogP contribution < -0.4 is 10.1 Å². The molecule has 2 unspecified atom stereocenters. The van der Waals surface area contributed by atoms with Gasteiger partial charge in [0.25, 0.3) is 0 Å². The van der Waals surface area contributed by atoms with Crippen LogP contribution in [0.3, 0.4) is 0 Å². The maximum Gasteiger partial charge on any atom is 0.198 e. The fourth-order valence-electron chi connectivity index (χ4n) is 2.88. The quantitative estimate of drug-likeness (QED) is 0.868. The van der Waals surface area contributed by atoms with E-state index in [4.69, 9.17) is 4.74 Å². The van der Waals surface area contributed by atoms with Crippen molar-refractivity contribution >= 4 is 5.65 Å². The van der Waals surface area contributed by atoms with Crippen LogP contribution in [0.4, 0.5) is 0 Å². The van der Waals surface area contributed by atoms with Crippen LogP contribution in [0.25, 0.3) is 5.65 Å². The molecule has 1 aliphatic rings. The molecule has 21 heavy (non-hydrogen) atoms. The summed E-state index contributed by atoms with van der Waals surface area (Å²) in [5.74, 6) is 1.54. The normalized spacial score (nSPS) is 22.0. The number of hydrogen-bond acceptors (Lipinski definition) is 5. The van der Waals surface area contributed by atoms with Gasteiger partial charge in [-0.15, -0.1) is 0 Å². The third-order valence-corrected chi connectivity index (χ3v) is 4.08. The zero-order valence-corrected chi connectivity index (χ0v) is 12.5. The van der Waals surface area contributed by atoms with Crippen LogP contribution in [0.1, 0.15) is 37.6 Å². The second-order valence-electron chi connectivity index (χ2n) is 5.55. The fraction of sp³-hybridized carbons (Fsp3) is 0.600. The molecule has 6 nitrogen and oxygen atoms in total. The summed E-state index contributed by atoms with van der Waals surface area (Å²) >= 11 is 0.